The highest BCUT2D eigenvalue weighted by Crippen LogP contribution is 2.23. The van der Waals surface area contributed by atoms with Gasteiger partial charge in [0.05, 0.1) is 30.1 Å². The summed E-state index contributed by atoms with van der Waals surface area (Å²) in [6.07, 6.45) is 4.19. The van der Waals surface area contributed by atoms with E-state index in [9.17, 15) is 26.8 Å². The average Bonchev–Trinajstić information content (AvgIpc) is 3.32. The molecule has 1 aromatic heterocycles. The topological polar surface area (TPSA) is 124 Å². The number of imidazole rings is 1. The molecule has 2 aromatic rings. The number of likely N-dealkylation sites (tertiary alicyclic amines) is 1. The molecule has 0 aliphatic carbocycles. The van der Waals surface area contributed by atoms with Crippen molar-refractivity contribution in [2.24, 2.45) is 5.92 Å². The maximum absolute atomic E-state index is 14.2. The van der Waals surface area contributed by atoms with E-state index < -0.39 is 39.6 Å². The number of hydrogen-bond donors (Lipinski definition) is 3. The number of carbonyl (C=O) groups excluding carboxylic acids is 2. The minimum absolute atomic E-state index is 0.0184. The Labute approximate surface area is 222 Å². The predicted octanol–water partition coefficient (Wildman–Crippen LogP) is 3.66. The second-order valence-corrected chi connectivity index (χ2v) is 12.2. The van der Waals surface area contributed by atoms with Gasteiger partial charge >= 0.3 is 0 Å². The highest BCUT2D eigenvalue weighted by atomic mass is 32.2. The monoisotopic (exact) mass is 553 g/mol. The van der Waals surface area contributed by atoms with Crippen LogP contribution in [0.15, 0.2) is 24.4 Å². The fraction of sp³-hybridized carbons (Fsp3) is 0.577. The molecule has 210 valence electrons. The number of aromatic nitrogens is 2. The molecule has 1 fully saturated rings. The Balaban J connectivity index is 1.75. The first kappa shape index (κ1) is 29.7. The van der Waals surface area contributed by atoms with Crippen LogP contribution in [0, 0.1) is 17.6 Å². The first-order valence-corrected chi connectivity index (χ1v) is 14.6. The molecule has 3 atom stereocenters. The second-order valence-electron chi connectivity index (χ2n) is 10.3. The number of nitrogens with zero attached hydrogens (tertiary/aromatic N) is 2. The summed E-state index contributed by atoms with van der Waals surface area (Å²) in [4.78, 5) is 35.1. The SMILES string of the molecule is CC(C)CCS(=O)(=O)N[C@@H](CC(=O)N1CCCC[C@@H]1C)C(=O)N[C@@H](C)c1ncc(-c2ccc(F)cc2F)[nH]1. The fourth-order valence-electron chi connectivity index (χ4n) is 4.40. The highest BCUT2D eigenvalue weighted by Gasteiger charge is 2.32. The Kier molecular flexibility index (Phi) is 10.00. The van der Waals surface area contributed by atoms with Crippen LogP contribution in [-0.4, -0.2) is 59.5 Å². The molecule has 2 amide bonds. The van der Waals surface area contributed by atoms with Crippen LogP contribution in [0.5, 0.6) is 0 Å². The van der Waals surface area contributed by atoms with Crippen LogP contribution in [0.1, 0.15) is 71.7 Å². The number of amides is 2. The summed E-state index contributed by atoms with van der Waals surface area (Å²) in [6, 6.07) is 1.16. The first-order chi connectivity index (χ1) is 17.9. The third-order valence-electron chi connectivity index (χ3n) is 6.69. The lowest BCUT2D eigenvalue weighted by Crippen LogP contribution is -2.52. The lowest BCUT2D eigenvalue weighted by atomic mass is 10.0. The van der Waals surface area contributed by atoms with Crippen molar-refractivity contribution in [2.45, 2.75) is 77.9 Å². The molecule has 2 heterocycles. The lowest BCUT2D eigenvalue weighted by Gasteiger charge is -2.34. The zero-order valence-corrected chi connectivity index (χ0v) is 23.1. The smallest absolute Gasteiger partial charge is 0.239 e. The van der Waals surface area contributed by atoms with E-state index in [4.69, 9.17) is 0 Å². The van der Waals surface area contributed by atoms with E-state index in [-0.39, 0.29) is 41.4 Å². The van der Waals surface area contributed by atoms with Gasteiger partial charge in [-0.05, 0) is 57.6 Å². The van der Waals surface area contributed by atoms with Crippen LogP contribution in [0.3, 0.4) is 0 Å². The normalized spacial score (nSPS) is 17.9. The Morgan fingerprint density at radius 2 is 1.95 bits per heavy atom. The number of rotatable bonds is 11. The highest BCUT2D eigenvalue weighted by molar-refractivity contribution is 7.89. The van der Waals surface area contributed by atoms with Crippen molar-refractivity contribution in [1.29, 1.82) is 0 Å². The van der Waals surface area contributed by atoms with Crippen molar-refractivity contribution in [1.82, 2.24) is 24.9 Å². The van der Waals surface area contributed by atoms with E-state index in [0.717, 1.165) is 31.4 Å². The molecule has 38 heavy (non-hydrogen) atoms. The van der Waals surface area contributed by atoms with Crippen LogP contribution in [-0.2, 0) is 19.6 Å². The number of hydrogen-bond acceptors (Lipinski definition) is 5. The molecule has 3 rings (SSSR count). The van der Waals surface area contributed by atoms with E-state index in [2.05, 4.69) is 20.0 Å². The molecule has 0 spiro atoms. The Morgan fingerprint density at radius 1 is 1.21 bits per heavy atom. The summed E-state index contributed by atoms with van der Waals surface area (Å²) in [5.41, 5.74) is 0.402. The number of nitrogens with one attached hydrogen (secondary N) is 3. The Hall–Kier alpha value is -2.86. The number of sulfonamides is 1. The number of benzene rings is 1. The number of aromatic amines is 1. The van der Waals surface area contributed by atoms with Crippen molar-refractivity contribution in [3.63, 3.8) is 0 Å². The molecule has 1 aromatic carbocycles. The van der Waals surface area contributed by atoms with Crippen LogP contribution < -0.4 is 10.0 Å². The third-order valence-corrected chi connectivity index (χ3v) is 8.11. The summed E-state index contributed by atoms with van der Waals surface area (Å²) in [6.45, 7) is 7.94. The van der Waals surface area contributed by atoms with Gasteiger partial charge in [-0.3, -0.25) is 9.59 Å². The molecule has 1 saturated heterocycles. The second kappa shape index (κ2) is 12.8. The molecule has 3 N–H and O–H groups in total. The maximum atomic E-state index is 14.2. The van der Waals surface area contributed by atoms with Crippen molar-refractivity contribution in [3.8, 4) is 11.3 Å². The number of halogens is 2. The van der Waals surface area contributed by atoms with Crippen molar-refractivity contribution in [3.05, 3.63) is 41.9 Å². The molecule has 9 nitrogen and oxygen atoms in total. The van der Waals surface area contributed by atoms with Crippen molar-refractivity contribution in [2.75, 3.05) is 12.3 Å². The molecule has 0 radical (unpaired) electrons. The molecule has 1 aliphatic heterocycles. The van der Waals surface area contributed by atoms with Crippen LogP contribution >= 0.6 is 0 Å². The van der Waals surface area contributed by atoms with Crippen LogP contribution in [0.4, 0.5) is 8.78 Å². The van der Waals surface area contributed by atoms with Gasteiger partial charge < -0.3 is 15.2 Å². The van der Waals surface area contributed by atoms with Gasteiger partial charge in [-0.15, -0.1) is 0 Å². The third kappa shape index (κ3) is 8.07. The minimum atomic E-state index is -3.83. The summed E-state index contributed by atoms with van der Waals surface area (Å²) in [5, 5.41) is 2.71. The first-order valence-electron chi connectivity index (χ1n) is 13.0. The Morgan fingerprint density at radius 3 is 2.61 bits per heavy atom. The molecule has 0 unspecified atom stereocenters. The fourth-order valence-corrected chi connectivity index (χ4v) is 5.92. The van der Waals surface area contributed by atoms with Crippen LogP contribution in [0.25, 0.3) is 11.3 Å². The van der Waals surface area contributed by atoms with E-state index >= 15 is 0 Å². The quantitative estimate of drug-likeness (QED) is 0.392. The average molecular weight is 554 g/mol. The van der Waals surface area contributed by atoms with E-state index in [1.807, 2.05) is 20.8 Å². The van der Waals surface area contributed by atoms with E-state index in [1.165, 1.54) is 12.3 Å². The van der Waals surface area contributed by atoms with Gasteiger partial charge in [0.1, 0.15) is 23.5 Å². The lowest BCUT2D eigenvalue weighted by molar-refractivity contribution is -0.137. The van der Waals surface area contributed by atoms with Gasteiger partial charge in [0.15, 0.2) is 0 Å². The van der Waals surface area contributed by atoms with Crippen molar-refractivity contribution < 1.29 is 26.8 Å². The Bertz CT molecular complexity index is 1230. The zero-order valence-electron chi connectivity index (χ0n) is 22.3. The number of carbonyl (C=O) groups is 2. The molecule has 0 bridgehead atoms. The summed E-state index contributed by atoms with van der Waals surface area (Å²) in [5.74, 6) is -2.16. The summed E-state index contributed by atoms with van der Waals surface area (Å²) in [7, 11) is -3.83. The van der Waals surface area contributed by atoms with Gasteiger partial charge in [-0.25, -0.2) is 26.9 Å². The van der Waals surface area contributed by atoms with Gasteiger partial charge in [-0.1, -0.05) is 13.8 Å². The molecule has 0 saturated carbocycles. The standard InChI is InChI=1S/C26H37F2N5O4S/c1-16(2)10-12-38(36,37)32-22(14-24(34)33-11-6-5-7-17(33)3)26(35)30-18(4)25-29-15-23(31-25)20-9-8-19(27)13-21(20)28/h8-9,13,15-18,22,32H,5-7,10-12,14H2,1-4H3,(H,29,31)(H,30,35)/t17-,18-,22-/m0/s1. The molecular formula is C26H37F2N5O4S. The van der Waals surface area contributed by atoms with Gasteiger partial charge in [0.2, 0.25) is 21.8 Å². The largest absolute Gasteiger partial charge is 0.345 e. The molecule has 12 heteroatoms. The van der Waals surface area contributed by atoms with Gasteiger partial charge in [0, 0.05) is 24.2 Å². The predicted molar refractivity (Wildman–Crippen MR) is 140 cm³/mol. The van der Waals surface area contributed by atoms with E-state index in [0.29, 0.717) is 18.7 Å². The molecular weight excluding hydrogens is 516 g/mol. The summed E-state index contributed by atoms with van der Waals surface area (Å²) >= 11 is 0. The summed E-state index contributed by atoms with van der Waals surface area (Å²) < 4.78 is 55.4. The molecule has 1 aliphatic rings. The van der Waals surface area contributed by atoms with Gasteiger partial charge in [-0.2, -0.15) is 0 Å². The number of H-pyrrole nitrogens is 1. The maximum Gasteiger partial charge on any atom is 0.239 e. The van der Waals surface area contributed by atoms with Crippen LogP contribution in [0.2, 0.25) is 0 Å². The van der Waals surface area contributed by atoms with Crippen molar-refractivity contribution >= 4 is 21.8 Å². The number of piperidine rings is 1. The van der Waals surface area contributed by atoms with Gasteiger partial charge in [0.25, 0.3) is 0 Å². The minimum Gasteiger partial charge on any atom is -0.345 e. The van der Waals surface area contributed by atoms with E-state index in [1.54, 1.807) is 11.8 Å². The zero-order chi connectivity index (χ0) is 28.0.